The van der Waals surface area contributed by atoms with Gasteiger partial charge in [-0.05, 0) is 6.42 Å². The molecule has 5 fully saturated rings. The maximum absolute atomic E-state index is 13.4. The zero-order valence-corrected chi connectivity index (χ0v) is 72.9. The van der Waals surface area contributed by atoms with Crippen LogP contribution in [0.5, 0.6) is 0 Å². The maximum atomic E-state index is 13.4. The molecule has 5 aliphatic heterocycles. The molecule has 0 aromatic heterocycles. The Bertz CT molecular complexity index is 5690. The fourth-order valence-corrected chi connectivity index (χ4v) is 18.1. The van der Waals surface area contributed by atoms with Crippen molar-refractivity contribution >= 4 is 166 Å². The molecular weight excluding hydrogens is 2130 g/mol. The molecule has 748 valence electrons. The Balaban J connectivity index is 2.06. The summed E-state index contributed by atoms with van der Waals surface area (Å²) in [5.74, 6) is 0. The first kappa shape index (κ1) is 114. The average Bonchev–Trinajstić information content (AvgIpc) is 0.746. The molecular formula is C36H64O74S16. The first-order valence-electron chi connectivity index (χ1n) is 31.1. The Kier molecular flexibility index (Phi) is 39.1. The Morgan fingerprint density at radius 2 is 0.349 bits per heavy atom. The van der Waals surface area contributed by atoms with Crippen molar-refractivity contribution < 1.29 is 322 Å². The lowest BCUT2D eigenvalue weighted by atomic mass is 9.95. The highest BCUT2D eigenvalue weighted by Crippen LogP contribution is 2.44. The van der Waals surface area contributed by atoms with Crippen LogP contribution >= 0.6 is 0 Å². The summed E-state index contributed by atoms with van der Waals surface area (Å²) in [7, 11) is -106. The van der Waals surface area contributed by atoms with Gasteiger partial charge >= 0.3 is 166 Å². The number of hydrogen-bond donors (Lipinski definition) is 16. The highest BCUT2D eigenvalue weighted by Gasteiger charge is 2.65. The van der Waals surface area contributed by atoms with E-state index in [-0.39, 0.29) is 12.8 Å². The third kappa shape index (κ3) is 41.8. The van der Waals surface area contributed by atoms with E-state index in [0.717, 1.165) is 0 Å². The average molecular weight is 2190 g/mol. The van der Waals surface area contributed by atoms with E-state index < -0.39 is 360 Å². The summed E-state index contributed by atoms with van der Waals surface area (Å²) in [5, 5.41) is 0. The molecule has 0 radical (unpaired) electrons. The summed E-state index contributed by atoms with van der Waals surface area (Å²) >= 11 is 0. The van der Waals surface area contributed by atoms with Crippen molar-refractivity contribution in [3.63, 3.8) is 0 Å². The van der Waals surface area contributed by atoms with Crippen LogP contribution in [0.4, 0.5) is 0 Å². The van der Waals surface area contributed by atoms with Crippen LogP contribution in [0.25, 0.3) is 0 Å². The van der Waals surface area contributed by atoms with E-state index in [1.165, 1.54) is 0 Å². The standard InChI is InChI=1S/C36H64O74S16/c1-2-3-4-5-6-85-32-27(106-122(70,71)72)22(17(100-116(52,53)54)12(91-32)7-86-111(37,38)39)96-33-28(107-123(73,74)75)23(18(101-117(55,56)57)13(92-33)8-87-112(40,41)42)97-34-29(108-124(76,77)78)24(19(102-118(58,59)60)14(93-34)9-88-113(43,44)45)98-35-30(109-125(79,80)81)25(20(103-119(61,62)63)15(94-35)10-89-114(46,47)48)99-36-31(110-126(82,83)84)26(105-121(67,68)69)21(104-120(64,65)66)16(95-36)11-90-115(49,50)51/h12-36H,2-11H2,1H3,(H,37,38,39)(H,40,41,42)(H,43,44,45)(H,46,47,48)(H,49,50,51)(H,52,53,54)(H,55,56,57)(H,58,59,60)(H,61,62,63)(H,64,65,66)(H,67,68,69)(H,70,71,72)(H,73,74,75)(H,76,77,78)(H,79,80,81)(H,82,83,84)/t12-,13-,14-,15-,16-,17-,18-,19-,20-,21-,22+,23+,24+,25+,26+,27-,28-,29-,30-,31-,32?,33+,34+,35+,36+/m1/s1. The molecule has 0 amide bonds. The zero-order chi connectivity index (χ0) is 96.9. The summed E-state index contributed by atoms with van der Waals surface area (Å²) < 4.78 is 688. The van der Waals surface area contributed by atoms with Gasteiger partial charge in [-0.3, -0.25) is 72.8 Å². The van der Waals surface area contributed by atoms with Crippen LogP contribution in [0, 0.1) is 0 Å². The molecule has 1 unspecified atom stereocenters. The largest absolute Gasteiger partial charge is 0.397 e. The normalized spacial score (nSPS) is 32.3. The molecule has 5 rings (SSSR count). The molecule has 5 heterocycles. The first-order chi connectivity index (χ1) is 56.3. The van der Waals surface area contributed by atoms with Gasteiger partial charge in [0.25, 0.3) is 0 Å². The van der Waals surface area contributed by atoms with Crippen LogP contribution in [0.3, 0.4) is 0 Å². The smallest absolute Gasteiger partial charge is 0.350 e. The molecule has 5 saturated heterocycles. The minimum Gasteiger partial charge on any atom is -0.350 e. The van der Waals surface area contributed by atoms with Gasteiger partial charge in [0.05, 0.1) is 33.0 Å². The zero-order valence-electron chi connectivity index (χ0n) is 59.9. The molecule has 0 saturated carbocycles. The monoisotopic (exact) mass is 2190 g/mol. The minimum absolute atomic E-state index is 0.0884. The second-order valence-corrected chi connectivity index (χ2v) is 41.0. The van der Waals surface area contributed by atoms with Gasteiger partial charge in [-0.2, -0.15) is 135 Å². The third-order valence-corrected chi connectivity index (χ3v) is 22.2. The number of unbranched alkanes of at least 4 members (excludes halogenated alkanes) is 3. The highest BCUT2D eigenvalue weighted by molar-refractivity contribution is 7.84. The molecule has 0 aromatic rings. The number of rotatable bonds is 51. The van der Waals surface area contributed by atoms with E-state index in [2.05, 4.69) is 66.9 Å². The van der Waals surface area contributed by atoms with Gasteiger partial charge in [-0.15, -0.1) is 0 Å². The van der Waals surface area contributed by atoms with Gasteiger partial charge in [0.1, 0.15) is 91.6 Å². The molecule has 0 aromatic carbocycles. The molecule has 25 atom stereocenters. The minimum atomic E-state index is -7.12. The quantitative estimate of drug-likeness (QED) is 0.0199. The summed E-state index contributed by atoms with van der Waals surface area (Å²) in [6, 6.07) is 0. The van der Waals surface area contributed by atoms with Crippen LogP contribution in [-0.2, 0) is 281 Å². The van der Waals surface area contributed by atoms with Crippen LogP contribution in [0.1, 0.15) is 32.6 Å². The Morgan fingerprint density at radius 3 is 0.532 bits per heavy atom. The molecule has 90 heteroatoms. The van der Waals surface area contributed by atoms with E-state index in [1.54, 1.807) is 6.92 Å². The SMILES string of the molecule is CCCCCCOC1O[C@H](COS(=O)(=O)O)[C@@H](OS(=O)(=O)O)[C@H](O[C@@H]2O[C@H](COS(=O)(=O)O)[C@@H](OS(=O)(=O)O)[C@H](O[C@@H]3O[C@H](COS(=O)(=O)O)[C@@H](OS(=O)(=O)O)[C@H](O[C@@H]4O[C@H](COS(=O)(=O)O)[C@@H](OS(=O)(=O)O)[C@H](O[C@@H]5O[C@H](COS(=O)(=O)O)[C@@H](OS(=O)(=O)O)[C@H](OS(=O)(=O)O)[C@H]5OS(=O)(=O)O)[C@H]4OS(=O)(=O)O)[C@H]3OS(=O)(=O)O)[C@H]2OS(=O)(=O)O)[C@H]1OS(=O)(=O)O. The second-order valence-electron chi connectivity index (χ2n) is 24.0. The lowest BCUT2D eigenvalue weighted by Crippen LogP contribution is -2.70. The van der Waals surface area contributed by atoms with Crippen molar-refractivity contribution in [3.8, 4) is 0 Å². The van der Waals surface area contributed by atoms with Crippen molar-refractivity contribution in [2.24, 2.45) is 0 Å². The molecule has 5 aliphatic rings. The van der Waals surface area contributed by atoms with E-state index in [9.17, 15) is 208 Å². The van der Waals surface area contributed by atoms with Crippen molar-refractivity contribution in [2.45, 2.75) is 186 Å². The van der Waals surface area contributed by atoms with E-state index in [4.69, 9.17) is 47.4 Å². The predicted octanol–water partition coefficient (Wildman–Crippen LogP) is -12.1. The fourth-order valence-electron chi connectivity index (χ4n) is 11.1. The van der Waals surface area contributed by atoms with Gasteiger partial charge in [-0.25, -0.2) is 66.9 Å². The molecule has 0 bridgehead atoms. The van der Waals surface area contributed by atoms with Crippen LogP contribution in [-0.4, -0.2) is 401 Å². The lowest BCUT2D eigenvalue weighted by Gasteiger charge is -2.51. The Hall–Kier alpha value is -2.48. The second kappa shape index (κ2) is 43.3. The van der Waals surface area contributed by atoms with Crippen LogP contribution in [0.15, 0.2) is 0 Å². The number of hydrogen-bond acceptors (Lipinski definition) is 58. The first-order valence-corrected chi connectivity index (χ1v) is 53.0. The van der Waals surface area contributed by atoms with Crippen LogP contribution in [0.2, 0.25) is 0 Å². The molecule has 74 nitrogen and oxygen atoms in total. The summed E-state index contributed by atoms with van der Waals surface area (Å²) in [4.78, 5) is 0. The summed E-state index contributed by atoms with van der Waals surface area (Å²) in [6.07, 6.45) is -94.8. The fraction of sp³-hybridized carbons (Fsp3) is 1.00. The van der Waals surface area contributed by atoms with Crippen molar-refractivity contribution in [1.29, 1.82) is 0 Å². The molecule has 126 heavy (non-hydrogen) atoms. The van der Waals surface area contributed by atoms with Gasteiger partial charge in [0, 0.05) is 6.61 Å². The topological polar surface area (TPSA) is 1110 Å². The lowest BCUT2D eigenvalue weighted by molar-refractivity contribution is -0.385. The van der Waals surface area contributed by atoms with Gasteiger partial charge in [0.15, 0.2) is 62.0 Å². The summed E-state index contributed by atoms with van der Waals surface area (Å²) in [6.45, 7) is -11.2. The van der Waals surface area contributed by atoms with Crippen molar-refractivity contribution in [3.05, 3.63) is 0 Å². The van der Waals surface area contributed by atoms with Gasteiger partial charge < -0.3 is 47.4 Å². The van der Waals surface area contributed by atoms with Crippen LogP contribution < -0.4 is 0 Å². The van der Waals surface area contributed by atoms with Gasteiger partial charge in [-0.1, -0.05) is 26.2 Å². The predicted molar refractivity (Wildman–Crippen MR) is 361 cm³/mol. The van der Waals surface area contributed by atoms with E-state index in [1.807, 2.05) is 0 Å². The van der Waals surface area contributed by atoms with Crippen molar-refractivity contribution in [1.82, 2.24) is 0 Å². The van der Waals surface area contributed by atoms with Gasteiger partial charge in [0.2, 0.25) is 0 Å². The molecule has 0 aliphatic carbocycles. The van der Waals surface area contributed by atoms with E-state index >= 15 is 0 Å². The molecule has 16 N–H and O–H groups in total. The molecule has 0 spiro atoms. The number of ether oxygens (including phenoxy) is 10. The Morgan fingerprint density at radius 1 is 0.190 bits per heavy atom. The third-order valence-electron chi connectivity index (χ3n) is 14.9. The highest BCUT2D eigenvalue weighted by atomic mass is 32.3. The Labute approximate surface area is 709 Å². The summed E-state index contributed by atoms with van der Waals surface area (Å²) in [5.41, 5.74) is 0. The van der Waals surface area contributed by atoms with E-state index in [0.29, 0.717) is 12.8 Å². The van der Waals surface area contributed by atoms with Crippen molar-refractivity contribution in [2.75, 3.05) is 39.6 Å². The maximum Gasteiger partial charge on any atom is 0.397 e.